The van der Waals surface area contributed by atoms with E-state index in [1.54, 1.807) is 7.05 Å². The minimum atomic E-state index is -4.50. The number of hydrogen-bond acceptors (Lipinski definition) is 4. The first-order valence-corrected chi connectivity index (χ1v) is 9.71. The van der Waals surface area contributed by atoms with Gasteiger partial charge in [-0.05, 0) is 12.8 Å². The zero-order valence-corrected chi connectivity index (χ0v) is 16.7. The number of morpholine rings is 1. The lowest BCUT2D eigenvalue weighted by Gasteiger charge is -2.36. The molecule has 2 saturated heterocycles. The maximum absolute atomic E-state index is 13.1. The summed E-state index contributed by atoms with van der Waals surface area (Å²) in [7, 11) is 3.06. The molecule has 2 aliphatic heterocycles. The fourth-order valence-electron chi connectivity index (χ4n) is 3.79. The monoisotopic (exact) mass is 416 g/mol. The molecule has 0 unspecified atom stereocenters. The summed E-state index contributed by atoms with van der Waals surface area (Å²) >= 11 is 0. The van der Waals surface area contributed by atoms with Gasteiger partial charge < -0.3 is 19.9 Å². The van der Waals surface area contributed by atoms with Crippen LogP contribution in [0.2, 0.25) is 0 Å². The van der Waals surface area contributed by atoms with Gasteiger partial charge in [-0.3, -0.25) is 14.5 Å². The van der Waals surface area contributed by atoms with E-state index < -0.39 is 11.9 Å². The maximum atomic E-state index is 13.1. The summed E-state index contributed by atoms with van der Waals surface area (Å²) in [6.07, 6.45) is -1.76. The summed E-state index contributed by atoms with van der Waals surface area (Å²) in [6.45, 7) is 3.65. The molecule has 3 heterocycles. The Morgan fingerprint density at radius 1 is 1.24 bits per heavy atom. The summed E-state index contributed by atoms with van der Waals surface area (Å²) in [4.78, 5) is 20.7. The third-order valence-corrected chi connectivity index (χ3v) is 5.29. The van der Waals surface area contributed by atoms with Gasteiger partial charge in [0.25, 0.3) is 0 Å². The van der Waals surface area contributed by atoms with Gasteiger partial charge in [0.05, 0.1) is 13.2 Å². The molecule has 1 aromatic rings. The highest BCUT2D eigenvalue weighted by atomic mass is 19.4. The van der Waals surface area contributed by atoms with Crippen LogP contribution in [0.15, 0.2) is 11.2 Å². The second-order valence-corrected chi connectivity index (χ2v) is 7.27. The number of likely N-dealkylation sites (tertiary alicyclic amines) is 1. The lowest BCUT2D eigenvalue weighted by Crippen LogP contribution is -2.49. The number of carbonyl (C=O) groups excluding carboxylic acids is 1. The van der Waals surface area contributed by atoms with Crippen LogP contribution < -0.4 is 5.32 Å². The number of carbonyl (C=O) groups is 1. The molecule has 1 amide bonds. The molecule has 162 valence electrons. The third kappa shape index (κ3) is 5.20. The van der Waals surface area contributed by atoms with E-state index >= 15 is 0 Å². The molecule has 2 fully saturated rings. The average molecular weight is 416 g/mol. The summed E-state index contributed by atoms with van der Waals surface area (Å²) < 4.78 is 45.8. The fourth-order valence-corrected chi connectivity index (χ4v) is 3.79. The number of nitrogens with zero attached hydrogens (tertiary/aromatic N) is 5. The number of hydrogen-bond donors (Lipinski definition) is 1. The van der Waals surface area contributed by atoms with E-state index in [4.69, 9.17) is 4.74 Å². The number of halogens is 3. The van der Waals surface area contributed by atoms with E-state index in [1.807, 2.05) is 9.80 Å². The number of rotatable bonds is 3. The first kappa shape index (κ1) is 21.4. The number of guanidine groups is 1. The Kier molecular flexibility index (Phi) is 6.66. The van der Waals surface area contributed by atoms with Gasteiger partial charge in [0, 0.05) is 64.5 Å². The van der Waals surface area contributed by atoms with Gasteiger partial charge >= 0.3 is 6.18 Å². The minimum Gasteiger partial charge on any atom is -0.378 e. The highest BCUT2D eigenvalue weighted by molar-refractivity contribution is 5.81. The predicted octanol–water partition coefficient (Wildman–Crippen LogP) is 1.09. The number of nitrogens with one attached hydrogen (secondary N) is 1. The third-order valence-electron chi connectivity index (χ3n) is 5.29. The van der Waals surface area contributed by atoms with E-state index in [0.29, 0.717) is 58.2 Å². The van der Waals surface area contributed by atoms with Crippen molar-refractivity contribution in [2.45, 2.75) is 25.6 Å². The van der Waals surface area contributed by atoms with Crippen molar-refractivity contribution < 1.29 is 22.7 Å². The van der Waals surface area contributed by atoms with E-state index in [-0.39, 0.29) is 23.9 Å². The molecule has 3 rings (SSSR count). The highest BCUT2D eigenvalue weighted by Gasteiger charge is 2.37. The summed E-state index contributed by atoms with van der Waals surface area (Å²) in [5.41, 5.74) is -0.823. The van der Waals surface area contributed by atoms with Gasteiger partial charge in [-0.2, -0.15) is 18.3 Å². The molecule has 0 saturated carbocycles. The number of alkyl halides is 3. The molecule has 0 radical (unpaired) electrons. The van der Waals surface area contributed by atoms with E-state index in [9.17, 15) is 18.0 Å². The number of aromatic nitrogens is 2. The van der Waals surface area contributed by atoms with E-state index in [1.165, 1.54) is 13.2 Å². The molecule has 0 aliphatic carbocycles. The van der Waals surface area contributed by atoms with Crippen LogP contribution >= 0.6 is 0 Å². The zero-order valence-electron chi connectivity index (χ0n) is 16.7. The number of amides is 1. The van der Waals surface area contributed by atoms with Crippen LogP contribution in [0.3, 0.4) is 0 Å². The lowest BCUT2D eigenvalue weighted by atomic mass is 9.95. The van der Waals surface area contributed by atoms with Crippen LogP contribution in [0.25, 0.3) is 0 Å². The first-order chi connectivity index (χ1) is 13.8. The van der Waals surface area contributed by atoms with Crippen molar-refractivity contribution in [3.05, 3.63) is 17.5 Å². The standard InChI is InChI=1S/C18H27F3N6O2/c1-22-17(23-11-14-12-25(2)24-15(14)18(19,20)21)27-5-3-13(4-6-27)16(28)26-7-9-29-10-8-26/h12-13H,3-11H2,1-2H3,(H,22,23). The number of aliphatic imine (C=N–C) groups is 1. The smallest absolute Gasteiger partial charge is 0.378 e. The first-order valence-electron chi connectivity index (χ1n) is 9.71. The molecular formula is C18H27F3N6O2. The molecule has 0 atom stereocenters. The molecule has 0 bridgehead atoms. The van der Waals surface area contributed by atoms with Gasteiger partial charge in [-0.1, -0.05) is 0 Å². The second-order valence-electron chi connectivity index (χ2n) is 7.27. The Labute approximate surface area is 167 Å². The number of aryl methyl sites for hydroxylation is 1. The Morgan fingerprint density at radius 2 is 1.90 bits per heavy atom. The normalized spacial score (nSPS) is 19.6. The van der Waals surface area contributed by atoms with Gasteiger partial charge in [0.2, 0.25) is 5.91 Å². The van der Waals surface area contributed by atoms with E-state index in [0.717, 1.165) is 4.68 Å². The number of piperidine rings is 1. The van der Waals surface area contributed by atoms with Crippen molar-refractivity contribution in [1.29, 1.82) is 0 Å². The van der Waals surface area contributed by atoms with Crippen LogP contribution in [0.4, 0.5) is 13.2 Å². The highest BCUT2D eigenvalue weighted by Crippen LogP contribution is 2.30. The van der Waals surface area contributed by atoms with Crippen LogP contribution in [0.1, 0.15) is 24.1 Å². The molecule has 29 heavy (non-hydrogen) atoms. The quantitative estimate of drug-likeness (QED) is 0.590. The fraction of sp³-hybridized carbons (Fsp3) is 0.722. The molecule has 8 nitrogen and oxygen atoms in total. The van der Waals surface area contributed by atoms with Crippen LogP contribution in [-0.4, -0.2) is 77.9 Å². The van der Waals surface area contributed by atoms with Crippen molar-refractivity contribution >= 4 is 11.9 Å². The SMILES string of the molecule is CN=C(NCc1cn(C)nc1C(F)(F)F)N1CCC(C(=O)N2CCOCC2)CC1. The van der Waals surface area contributed by atoms with Crippen molar-refractivity contribution in [3.63, 3.8) is 0 Å². The summed E-state index contributed by atoms with van der Waals surface area (Å²) in [5, 5.41) is 6.52. The molecule has 1 aromatic heterocycles. The maximum Gasteiger partial charge on any atom is 0.435 e. The predicted molar refractivity (Wildman–Crippen MR) is 100 cm³/mol. The van der Waals surface area contributed by atoms with Gasteiger partial charge in [-0.25, -0.2) is 0 Å². The molecular weight excluding hydrogens is 389 g/mol. The Balaban J connectivity index is 1.54. The van der Waals surface area contributed by atoms with Gasteiger partial charge in [-0.15, -0.1) is 0 Å². The van der Waals surface area contributed by atoms with Crippen molar-refractivity contribution in [2.24, 2.45) is 18.0 Å². The zero-order chi connectivity index (χ0) is 21.0. The van der Waals surface area contributed by atoms with Gasteiger partial charge in [0.1, 0.15) is 0 Å². The Hall–Kier alpha value is -2.30. The molecule has 1 N–H and O–H groups in total. The summed E-state index contributed by atoms with van der Waals surface area (Å²) in [5.74, 6) is 0.665. The minimum absolute atomic E-state index is 0.0258. The molecule has 2 aliphatic rings. The Bertz CT molecular complexity index is 734. The average Bonchev–Trinajstić information content (AvgIpc) is 3.10. The number of ether oxygens (including phenoxy) is 1. The summed E-state index contributed by atoms with van der Waals surface area (Å²) in [6, 6.07) is 0. The van der Waals surface area contributed by atoms with Crippen LogP contribution in [-0.2, 0) is 29.3 Å². The molecule has 0 aromatic carbocycles. The molecule has 11 heteroatoms. The Morgan fingerprint density at radius 3 is 2.48 bits per heavy atom. The molecule has 0 spiro atoms. The van der Waals surface area contributed by atoms with Gasteiger partial charge in [0.15, 0.2) is 11.7 Å². The topological polar surface area (TPSA) is 75.0 Å². The van der Waals surface area contributed by atoms with E-state index in [2.05, 4.69) is 15.4 Å². The van der Waals surface area contributed by atoms with Crippen molar-refractivity contribution in [3.8, 4) is 0 Å². The van der Waals surface area contributed by atoms with Crippen molar-refractivity contribution in [2.75, 3.05) is 46.4 Å². The van der Waals surface area contributed by atoms with Crippen LogP contribution in [0, 0.1) is 5.92 Å². The second kappa shape index (κ2) is 9.02. The van der Waals surface area contributed by atoms with Crippen molar-refractivity contribution in [1.82, 2.24) is 24.9 Å². The lowest BCUT2D eigenvalue weighted by molar-refractivity contribution is -0.142. The largest absolute Gasteiger partial charge is 0.435 e. The van der Waals surface area contributed by atoms with Crippen LogP contribution in [0.5, 0.6) is 0 Å².